The molecule has 0 radical (unpaired) electrons. The van der Waals surface area contributed by atoms with Gasteiger partial charge in [-0.15, -0.1) is 0 Å². The van der Waals surface area contributed by atoms with Gasteiger partial charge in [0.15, 0.2) is 5.16 Å². The van der Waals surface area contributed by atoms with Crippen molar-refractivity contribution in [1.29, 1.82) is 0 Å². The van der Waals surface area contributed by atoms with Crippen LogP contribution in [0.15, 0.2) is 17.6 Å². The molecule has 6 heteroatoms. The van der Waals surface area contributed by atoms with Gasteiger partial charge in [-0.2, -0.15) is 0 Å². The number of aryl methyl sites for hydroxylation is 1. The number of hydrogen-bond acceptors (Lipinski definition) is 6. The molecule has 0 aliphatic carbocycles. The van der Waals surface area contributed by atoms with E-state index in [1.807, 2.05) is 33.2 Å². The van der Waals surface area contributed by atoms with Crippen LogP contribution in [0.3, 0.4) is 0 Å². The first-order valence-electron chi connectivity index (χ1n) is 6.79. The molecule has 1 N–H and O–H groups in total. The maximum absolute atomic E-state index is 11.9. The molecule has 0 bridgehead atoms. The number of ether oxygens (including phenoxy) is 1. The van der Waals surface area contributed by atoms with Gasteiger partial charge in [0.2, 0.25) is 0 Å². The smallest absolute Gasteiger partial charge is 0.326 e. The predicted octanol–water partition coefficient (Wildman–Crippen LogP) is 2.20. The first kappa shape index (κ1) is 16.9. The third kappa shape index (κ3) is 5.09. The lowest BCUT2D eigenvalue weighted by atomic mass is 9.97. The van der Waals surface area contributed by atoms with Crippen LogP contribution in [-0.2, 0) is 9.53 Å². The molecule has 1 unspecified atom stereocenters. The highest BCUT2D eigenvalue weighted by atomic mass is 32.2. The van der Waals surface area contributed by atoms with Gasteiger partial charge >= 0.3 is 5.97 Å². The average molecular weight is 297 g/mol. The topological polar surface area (TPSA) is 64.1 Å². The summed E-state index contributed by atoms with van der Waals surface area (Å²) in [6.45, 7) is 6.06. The molecule has 0 aliphatic rings. The Morgan fingerprint density at radius 3 is 2.65 bits per heavy atom. The number of thioether (sulfide) groups is 1. The van der Waals surface area contributed by atoms with Crippen LogP contribution >= 0.6 is 11.8 Å². The van der Waals surface area contributed by atoms with Crippen LogP contribution in [0.5, 0.6) is 0 Å². The van der Waals surface area contributed by atoms with Gasteiger partial charge in [0.25, 0.3) is 0 Å². The molecule has 1 heterocycles. The van der Waals surface area contributed by atoms with E-state index >= 15 is 0 Å². The number of aromatic nitrogens is 2. The van der Waals surface area contributed by atoms with E-state index in [1.165, 1.54) is 0 Å². The Hall–Kier alpha value is -1.14. The quantitative estimate of drug-likeness (QED) is 0.343. The molecular weight excluding hydrogens is 274 g/mol. The number of carbonyl (C=O) groups excluding carboxylic acids is 1. The summed E-state index contributed by atoms with van der Waals surface area (Å²) >= 11 is 1.60. The van der Waals surface area contributed by atoms with Gasteiger partial charge in [0.1, 0.15) is 5.54 Å². The lowest BCUT2D eigenvalue weighted by Gasteiger charge is -2.26. The molecule has 0 fully saturated rings. The van der Waals surface area contributed by atoms with Crippen molar-refractivity contribution in [1.82, 2.24) is 15.3 Å². The van der Waals surface area contributed by atoms with E-state index < -0.39 is 5.54 Å². The van der Waals surface area contributed by atoms with Crippen molar-refractivity contribution in [3.05, 3.63) is 18.0 Å². The number of carbonyl (C=O) groups is 1. The van der Waals surface area contributed by atoms with Crippen molar-refractivity contribution in [2.24, 2.45) is 0 Å². The highest BCUT2D eigenvalue weighted by molar-refractivity contribution is 7.99. The summed E-state index contributed by atoms with van der Waals surface area (Å²) in [6.07, 6.45) is 5.23. The third-order valence-corrected chi connectivity index (χ3v) is 4.05. The number of hydrogen-bond donors (Lipinski definition) is 1. The summed E-state index contributed by atoms with van der Waals surface area (Å²) < 4.78 is 5.09. The first-order valence-corrected chi connectivity index (χ1v) is 7.78. The Labute approximate surface area is 124 Å². The molecule has 20 heavy (non-hydrogen) atoms. The standard InChI is InChI=1S/C14H23N3O2S/c1-5-19-12(18)14(3,15-4)7-6-8-20-13-16-9-11(2)10-17-13/h9-10,15H,5-8H2,1-4H3. The molecule has 112 valence electrons. The molecule has 0 saturated heterocycles. The van der Waals surface area contributed by atoms with Gasteiger partial charge < -0.3 is 10.1 Å². The second kappa shape index (κ2) is 8.21. The van der Waals surface area contributed by atoms with E-state index in [2.05, 4.69) is 15.3 Å². The molecule has 0 saturated carbocycles. The fourth-order valence-corrected chi connectivity index (χ4v) is 2.39. The number of likely N-dealkylation sites (N-methyl/N-ethyl adjacent to an activating group) is 1. The molecule has 0 amide bonds. The lowest BCUT2D eigenvalue weighted by Crippen LogP contribution is -2.48. The Morgan fingerprint density at radius 1 is 1.45 bits per heavy atom. The van der Waals surface area contributed by atoms with Crippen molar-refractivity contribution in [2.75, 3.05) is 19.4 Å². The largest absolute Gasteiger partial charge is 0.465 e. The Morgan fingerprint density at radius 2 is 2.10 bits per heavy atom. The zero-order valence-electron chi connectivity index (χ0n) is 12.6. The second-order valence-corrected chi connectivity index (χ2v) is 5.86. The molecule has 1 rings (SSSR count). The van der Waals surface area contributed by atoms with E-state index in [0.717, 1.165) is 29.3 Å². The number of nitrogens with zero attached hydrogens (tertiary/aromatic N) is 2. The molecule has 1 aromatic rings. The highest BCUT2D eigenvalue weighted by Crippen LogP contribution is 2.19. The van der Waals surface area contributed by atoms with Gasteiger partial charge in [-0.05, 0) is 46.2 Å². The molecule has 0 spiro atoms. The summed E-state index contributed by atoms with van der Waals surface area (Å²) in [5, 5.41) is 3.83. The summed E-state index contributed by atoms with van der Waals surface area (Å²) in [5.41, 5.74) is 0.435. The van der Waals surface area contributed by atoms with E-state index in [9.17, 15) is 4.79 Å². The monoisotopic (exact) mass is 297 g/mol. The molecule has 1 aromatic heterocycles. The zero-order chi connectivity index (χ0) is 15.0. The first-order chi connectivity index (χ1) is 9.51. The van der Waals surface area contributed by atoms with Crippen molar-refractivity contribution in [3.63, 3.8) is 0 Å². The van der Waals surface area contributed by atoms with Crippen LogP contribution in [0.25, 0.3) is 0 Å². The van der Waals surface area contributed by atoms with E-state index in [4.69, 9.17) is 4.74 Å². The normalized spacial score (nSPS) is 13.8. The highest BCUT2D eigenvalue weighted by Gasteiger charge is 2.32. The molecule has 5 nitrogen and oxygen atoms in total. The van der Waals surface area contributed by atoms with Crippen LogP contribution in [-0.4, -0.2) is 40.9 Å². The van der Waals surface area contributed by atoms with Gasteiger partial charge in [0.05, 0.1) is 6.61 Å². The van der Waals surface area contributed by atoms with Crippen molar-refractivity contribution >= 4 is 17.7 Å². The van der Waals surface area contributed by atoms with Crippen molar-refractivity contribution < 1.29 is 9.53 Å². The fourth-order valence-electron chi connectivity index (χ4n) is 1.66. The van der Waals surface area contributed by atoms with Crippen molar-refractivity contribution in [3.8, 4) is 0 Å². The minimum absolute atomic E-state index is 0.195. The molecule has 0 aromatic carbocycles. The predicted molar refractivity (Wildman–Crippen MR) is 80.8 cm³/mol. The number of esters is 1. The van der Waals surface area contributed by atoms with Gasteiger partial charge in [-0.1, -0.05) is 11.8 Å². The van der Waals surface area contributed by atoms with Crippen LogP contribution in [0.2, 0.25) is 0 Å². The SMILES string of the molecule is CCOC(=O)C(C)(CCCSc1ncc(C)cn1)NC. The van der Waals surface area contributed by atoms with Crippen molar-refractivity contribution in [2.45, 2.75) is 44.3 Å². The van der Waals surface area contributed by atoms with E-state index in [1.54, 1.807) is 18.8 Å². The molecular formula is C14H23N3O2S. The maximum atomic E-state index is 11.9. The van der Waals surface area contributed by atoms with E-state index in [-0.39, 0.29) is 5.97 Å². The van der Waals surface area contributed by atoms with Gasteiger partial charge in [-0.3, -0.25) is 4.79 Å². The minimum atomic E-state index is -0.620. The summed E-state index contributed by atoms with van der Waals surface area (Å²) in [5.74, 6) is 0.679. The maximum Gasteiger partial charge on any atom is 0.326 e. The summed E-state index contributed by atoms with van der Waals surface area (Å²) in [7, 11) is 1.78. The number of rotatable bonds is 8. The van der Waals surface area contributed by atoms with Crippen LogP contribution in [0.4, 0.5) is 0 Å². The zero-order valence-corrected chi connectivity index (χ0v) is 13.4. The van der Waals surface area contributed by atoms with Gasteiger partial charge in [-0.25, -0.2) is 9.97 Å². The lowest BCUT2D eigenvalue weighted by molar-refractivity contribution is -0.150. The third-order valence-electron chi connectivity index (χ3n) is 3.09. The summed E-state index contributed by atoms with van der Waals surface area (Å²) in [6, 6.07) is 0. The van der Waals surface area contributed by atoms with E-state index in [0.29, 0.717) is 6.61 Å². The Balaban J connectivity index is 2.38. The van der Waals surface area contributed by atoms with Gasteiger partial charge in [0, 0.05) is 18.1 Å². The van der Waals surface area contributed by atoms with Crippen LogP contribution in [0.1, 0.15) is 32.3 Å². The van der Waals surface area contributed by atoms with Crippen LogP contribution < -0.4 is 5.32 Å². The Bertz CT molecular complexity index is 425. The number of nitrogens with one attached hydrogen (secondary N) is 1. The van der Waals surface area contributed by atoms with Crippen LogP contribution in [0, 0.1) is 6.92 Å². The minimum Gasteiger partial charge on any atom is -0.465 e. The molecule has 0 aliphatic heterocycles. The second-order valence-electron chi connectivity index (χ2n) is 4.80. The fraction of sp³-hybridized carbons (Fsp3) is 0.643. The molecule has 1 atom stereocenters. The Kier molecular flexibility index (Phi) is 6.95. The average Bonchev–Trinajstić information content (AvgIpc) is 2.45. The summed E-state index contributed by atoms with van der Waals surface area (Å²) in [4.78, 5) is 20.4.